The van der Waals surface area contributed by atoms with Crippen LogP contribution in [0.3, 0.4) is 0 Å². The van der Waals surface area contributed by atoms with Crippen molar-refractivity contribution in [3.63, 3.8) is 0 Å². The number of amides is 1. The van der Waals surface area contributed by atoms with Crippen LogP contribution in [-0.4, -0.2) is 16.5 Å². The van der Waals surface area contributed by atoms with Crippen LogP contribution in [-0.2, 0) is 11.3 Å². The van der Waals surface area contributed by atoms with Crippen LogP contribution in [0.5, 0.6) is 0 Å². The highest BCUT2D eigenvalue weighted by Gasteiger charge is 2.39. The molecule has 4 nitrogen and oxygen atoms in total. The number of benzene rings is 2. The molecule has 2 atom stereocenters. The number of hydrogen-bond acceptors (Lipinski definition) is 3. The molecule has 4 rings (SSSR count). The van der Waals surface area contributed by atoms with Crippen molar-refractivity contribution in [3.8, 4) is 11.3 Å². The van der Waals surface area contributed by atoms with Crippen LogP contribution in [0.4, 0.5) is 4.39 Å². The lowest BCUT2D eigenvalue weighted by atomic mass is 10.1. The summed E-state index contributed by atoms with van der Waals surface area (Å²) in [6.45, 7) is 1.80. The molecule has 1 aromatic heterocycles. The van der Waals surface area contributed by atoms with Gasteiger partial charge in [0, 0.05) is 16.8 Å². The minimum atomic E-state index is -0.334. The van der Waals surface area contributed by atoms with Crippen molar-refractivity contribution in [3.05, 3.63) is 80.5 Å². The van der Waals surface area contributed by atoms with E-state index in [1.807, 2.05) is 25.1 Å². The molecule has 0 aliphatic heterocycles. The molecule has 3 aromatic rings. The summed E-state index contributed by atoms with van der Waals surface area (Å²) in [6, 6.07) is 16.2. The number of halogens is 1. The number of carbonyl (C=O) groups is 1. The fraction of sp³-hybridized carbons (Fsp3) is 0.238. The predicted octanol–water partition coefficient (Wildman–Crippen LogP) is 3.70. The van der Waals surface area contributed by atoms with Crippen LogP contribution in [0.1, 0.15) is 22.8 Å². The van der Waals surface area contributed by atoms with Gasteiger partial charge in [-0.25, -0.2) is 4.39 Å². The maximum atomic E-state index is 13.2. The van der Waals surface area contributed by atoms with Crippen molar-refractivity contribution in [1.29, 1.82) is 0 Å². The third-order valence-corrected chi connectivity index (χ3v) is 5.74. The molecular weight excluding hydrogens is 363 g/mol. The average molecular weight is 382 g/mol. The number of hydrogen-bond donors (Lipinski definition) is 1. The van der Waals surface area contributed by atoms with Crippen LogP contribution in [0.15, 0.2) is 59.4 Å². The number of rotatable bonds is 5. The van der Waals surface area contributed by atoms with E-state index in [2.05, 4.69) is 17.4 Å². The molecule has 1 amide bonds. The van der Waals surface area contributed by atoms with Crippen LogP contribution >= 0.6 is 11.3 Å². The lowest BCUT2D eigenvalue weighted by Gasteiger charge is -2.10. The first-order valence-corrected chi connectivity index (χ1v) is 9.65. The predicted molar refractivity (Wildman–Crippen MR) is 104 cm³/mol. The molecule has 138 valence electrons. The minimum absolute atomic E-state index is 0.0338. The summed E-state index contributed by atoms with van der Waals surface area (Å²) in [5, 5.41) is 3.02. The Labute approximate surface area is 160 Å². The van der Waals surface area contributed by atoms with E-state index in [1.54, 1.807) is 12.1 Å². The number of nitrogens with zero attached hydrogens (tertiary/aromatic N) is 1. The molecule has 6 heteroatoms. The summed E-state index contributed by atoms with van der Waals surface area (Å²) in [4.78, 5) is 25.5. The van der Waals surface area contributed by atoms with Gasteiger partial charge in [0.2, 0.25) is 5.91 Å². The Hall–Kier alpha value is -2.73. The van der Waals surface area contributed by atoms with E-state index in [9.17, 15) is 14.0 Å². The molecule has 0 radical (unpaired) electrons. The summed E-state index contributed by atoms with van der Waals surface area (Å²) < 4.78 is 14.7. The molecule has 1 fully saturated rings. The van der Waals surface area contributed by atoms with Gasteiger partial charge in [-0.1, -0.05) is 41.7 Å². The summed E-state index contributed by atoms with van der Waals surface area (Å²) in [5.41, 5.74) is 2.63. The summed E-state index contributed by atoms with van der Waals surface area (Å²) >= 11 is 1.10. The van der Waals surface area contributed by atoms with Crippen molar-refractivity contribution in [2.24, 2.45) is 0 Å². The average Bonchev–Trinajstić information content (AvgIpc) is 3.36. The smallest absolute Gasteiger partial charge is 0.308 e. The highest BCUT2D eigenvalue weighted by molar-refractivity contribution is 7.09. The number of nitrogens with one attached hydrogen (secondary N) is 1. The zero-order valence-corrected chi connectivity index (χ0v) is 15.6. The maximum Gasteiger partial charge on any atom is 0.308 e. The Bertz CT molecular complexity index is 1020. The molecule has 1 heterocycles. The van der Waals surface area contributed by atoms with Crippen LogP contribution < -0.4 is 10.2 Å². The van der Waals surface area contributed by atoms with Crippen molar-refractivity contribution in [1.82, 2.24) is 9.88 Å². The number of aryl methyl sites for hydroxylation is 1. The summed E-state index contributed by atoms with van der Waals surface area (Å²) in [6.07, 6.45) is 0.915. The maximum absolute atomic E-state index is 13.2. The lowest BCUT2D eigenvalue weighted by Crippen LogP contribution is -2.33. The number of thiazole rings is 1. The molecule has 0 saturated heterocycles. The second kappa shape index (κ2) is 7.12. The number of carbonyl (C=O) groups excluding carboxylic acids is 1. The first kappa shape index (κ1) is 17.7. The standard InChI is InChI=1S/C21H19FN2O2S/c1-13-20(15-7-9-16(22)10-8-15)24(21(26)27-13)12-19(25)23-18-11-17(18)14-5-3-2-4-6-14/h2-10,17-18H,11-12H2,1H3,(H,23,25)/t17-,18-/m0/s1. The van der Waals surface area contributed by atoms with Gasteiger partial charge in [-0.3, -0.25) is 14.2 Å². The summed E-state index contributed by atoms with van der Waals surface area (Å²) in [7, 11) is 0. The molecule has 1 N–H and O–H groups in total. The van der Waals surface area contributed by atoms with Gasteiger partial charge in [-0.2, -0.15) is 0 Å². The van der Waals surface area contributed by atoms with E-state index >= 15 is 0 Å². The topological polar surface area (TPSA) is 51.1 Å². The molecule has 0 bridgehead atoms. The zero-order valence-electron chi connectivity index (χ0n) is 14.8. The largest absolute Gasteiger partial charge is 0.351 e. The Kier molecular flexibility index (Phi) is 4.66. The summed E-state index contributed by atoms with van der Waals surface area (Å²) in [5.74, 6) is -0.173. The molecule has 1 aliphatic rings. The normalized spacial score (nSPS) is 18.3. The highest BCUT2D eigenvalue weighted by atomic mass is 32.1. The van der Waals surface area contributed by atoms with E-state index in [0.717, 1.165) is 28.2 Å². The molecule has 1 aliphatic carbocycles. The SMILES string of the molecule is Cc1sc(=O)n(CC(=O)N[C@H]2C[C@H]2c2ccccc2)c1-c1ccc(F)cc1. The first-order valence-electron chi connectivity index (χ1n) is 8.83. The van der Waals surface area contributed by atoms with E-state index in [1.165, 1.54) is 22.3 Å². The molecule has 1 saturated carbocycles. The molecule has 0 unspecified atom stereocenters. The van der Waals surface area contributed by atoms with Crippen molar-refractivity contribution in [2.45, 2.75) is 31.8 Å². The minimum Gasteiger partial charge on any atom is -0.351 e. The van der Waals surface area contributed by atoms with Crippen molar-refractivity contribution >= 4 is 17.2 Å². The third-order valence-electron chi connectivity index (χ3n) is 4.85. The van der Waals surface area contributed by atoms with Crippen molar-refractivity contribution < 1.29 is 9.18 Å². The molecule has 2 aromatic carbocycles. The van der Waals surface area contributed by atoms with E-state index in [0.29, 0.717) is 11.6 Å². The van der Waals surface area contributed by atoms with Gasteiger partial charge < -0.3 is 5.32 Å². The Morgan fingerprint density at radius 1 is 1.19 bits per heavy atom. The quantitative estimate of drug-likeness (QED) is 0.732. The van der Waals surface area contributed by atoms with E-state index < -0.39 is 0 Å². The molecule has 0 spiro atoms. The monoisotopic (exact) mass is 382 g/mol. The van der Waals surface area contributed by atoms with Gasteiger partial charge >= 0.3 is 4.87 Å². The van der Waals surface area contributed by atoms with Gasteiger partial charge in [0.05, 0.1) is 5.69 Å². The second-order valence-corrected chi connectivity index (χ2v) is 7.96. The van der Waals surface area contributed by atoms with E-state index in [-0.39, 0.29) is 29.2 Å². The van der Waals surface area contributed by atoms with Crippen LogP contribution in [0.2, 0.25) is 0 Å². The Morgan fingerprint density at radius 3 is 2.59 bits per heavy atom. The zero-order chi connectivity index (χ0) is 19.0. The lowest BCUT2D eigenvalue weighted by molar-refractivity contribution is -0.121. The number of aromatic nitrogens is 1. The Balaban J connectivity index is 1.49. The molecular formula is C21H19FN2O2S. The fourth-order valence-electron chi connectivity index (χ4n) is 3.45. The van der Waals surface area contributed by atoms with Gasteiger partial charge in [-0.05, 0) is 48.7 Å². The van der Waals surface area contributed by atoms with Crippen LogP contribution in [0, 0.1) is 12.7 Å². The molecule has 27 heavy (non-hydrogen) atoms. The van der Waals surface area contributed by atoms with Crippen LogP contribution in [0.25, 0.3) is 11.3 Å². The van der Waals surface area contributed by atoms with Crippen molar-refractivity contribution in [2.75, 3.05) is 0 Å². The van der Waals surface area contributed by atoms with E-state index in [4.69, 9.17) is 0 Å². The highest BCUT2D eigenvalue weighted by Crippen LogP contribution is 2.40. The van der Waals surface area contributed by atoms with Gasteiger partial charge in [0.15, 0.2) is 0 Å². The van der Waals surface area contributed by atoms with Gasteiger partial charge in [0.25, 0.3) is 0 Å². The van der Waals surface area contributed by atoms with Gasteiger partial charge in [0.1, 0.15) is 12.4 Å². The van der Waals surface area contributed by atoms with Gasteiger partial charge in [-0.15, -0.1) is 0 Å². The second-order valence-electron chi connectivity index (χ2n) is 6.79. The Morgan fingerprint density at radius 2 is 1.89 bits per heavy atom. The first-order chi connectivity index (χ1) is 13.0. The fourth-order valence-corrected chi connectivity index (χ4v) is 4.30. The third kappa shape index (κ3) is 3.71.